The zero-order chi connectivity index (χ0) is 28.6. The SMILES string of the molecule is CCOC(=O)[C@@H](CC1CCCCC1)NC(=O)[C@H](CC(=O)O)NC(=O)CN(CC)C(=O)CCCC1CCNCC1. The first-order chi connectivity index (χ1) is 18.7. The molecule has 0 aromatic carbocycles. The van der Waals surface area contributed by atoms with Gasteiger partial charge in [0, 0.05) is 13.0 Å². The summed E-state index contributed by atoms with van der Waals surface area (Å²) in [5.41, 5.74) is 0. The molecule has 0 radical (unpaired) electrons. The quantitative estimate of drug-likeness (QED) is 0.212. The van der Waals surface area contributed by atoms with Gasteiger partial charge in [-0.15, -0.1) is 0 Å². The van der Waals surface area contributed by atoms with E-state index < -0.39 is 42.3 Å². The van der Waals surface area contributed by atoms with E-state index in [0.29, 0.717) is 25.3 Å². The van der Waals surface area contributed by atoms with Crippen molar-refractivity contribution in [3.05, 3.63) is 0 Å². The number of piperidine rings is 1. The third-order valence-electron chi connectivity index (χ3n) is 7.74. The molecule has 0 bridgehead atoms. The van der Waals surface area contributed by atoms with E-state index in [2.05, 4.69) is 16.0 Å². The van der Waals surface area contributed by atoms with Crippen molar-refractivity contribution in [2.75, 3.05) is 32.8 Å². The Morgan fingerprint density at radius 1 is 0.949 bits per heavy atom. The van der Waals surface area contributed by atoms with E-state index in [1.165, 1.54) is 4.90 Å². The second kappa shape index (κ2) is 17.8. The van der Waals surface area contributed by atoms with Gasteiger partial charge in [0.05, 0.1) is 19.6 Å². The molecular weight excluding hydrogens is 504 g/mol. The van der Waals surface area contributed by atoms with E-state index in [0.717, 1.165) is 70.9 Å². The summed E-state index contributed by atoms with van der Waals surface area (Å²) >= 11 is 0. The predicted molar refractivity (Wildman–Crippen MR) is 146 cm³/mol. The van der Waals surface area contributed by atoms with Crippen LogP contribution in [0.1, 0.15) is 90.9 Å². The van der Waals surface area contributed by atoms with Crippen molar-refractivity contribution in [1.29, 1.82) is 0 Å². The number of esters is 1. The van der Waals surface area contributed by atoms with E-state index in [9.17, 15) is 29.1 Å². The normalized spacial score (nSPS) is 18.0. The minimum Gasteiger partial charge on any atom is -0.481 e. The van der Waals surface area contributed by atoms with Crippen molar-refractivity contribution in [2.24, 2.45) is 11.8 Å². The van der Waals surface area contributed by atoms with E-state index in [1.807, 2.05) is 0 Å². The zero-order valence-electron chi connectivity index (χ0n) is 23.7. The van der Waals surface area contributed by atoms with Crippen LogP contribution in [0.4, 0.5) is 0 Å². The van der Waals surface area contributed by atoms with Gasteiger partial charge in [0.2, 0.25) is 17.7 Å². The van der Waals surface area contributed by atoms with Crippen LogP contribution in [0.5, 0.6) is 0 Å². The number of aliphatic carboxylic acids is 1. The molecule has 1 saturated carbocycles. The Morgan fingerprint density at radius 2 is 1.64 bits per heavy atom. The minimum atomic E-state index is -1.38. The molecule has 4 N–H and O–H groups in total. The van der Waals surface area contributed by atoms with Crippen LogP contribution in [-0.4, -0.2) is 84.5 Å². The third-order valence-corrected chi connectivity index (χ3v) is 7.74. The van der Waals surface area contributed by atoms with Crippen LogP contribution in [-0.2, 0) is 28.7 Å². The van der Waals surface area contributed by atoms with Crippen molar-refractivity contribution < 1.29 is 33.8 Å². The summed E-state index contributed by atoms with van der Waals surface area (Å²) < 4.78 is 5.15. The van der Waals surface area contributed by atoms with E-state index >= 15 is 0 Å². The summed E-state index contributed by atoms with van der Waals surface area (Å²) in [6.45, 7) is 5.67. The van der Waals surface area contributed by atoms with Crippen LogP contribution in [0.3, 0.4) is 0 Å². The molecule has 1 aliphatic heterocycles. The average Bonchev–Trinajstić information content (AvgIpc) is 2.92. The van der Waals surface area contributed by atoms with Crippen molar-refractivity contribution in [3.8, 4) is 0 Å². The molecule has 0 aromatic rings. The highest BCUT2D eigenvalue weighted by molar-refractivity contribution is 5.94. The fourth-order valence-corrected chi connectivity index (χ4v) is 5.53. The van der Waals surface area contributed by atoms with Gasteiger partial charge < -0.3 is 30.7 Å². The number of hydrogen-bond donors (Lipinski definition) is 4. The topological polar surface area (TPSA) is 154 Å². The number of rotatable bonds is 16. The van der Waals surface area contributed by atoms with Crippen LogP contribution in [0, 0.1) is 11.8 Å². The Balaban J connectivity index is 1.93. The summed E-state index contributed by atoms with van der Waals surface area (Å²) in [7, 11) is 0. The third kappa shape index (κ3) is 12.4. The fraction of sp³-hybridized carbons (Fsp3) is 0.821. The lowest BCUT2D eigenvalue weighted by Crippen LogP contribution is -2.54. The van der Waals surface area contributed by atoms with Crippen LogP contribution in [0.15, 0.2) is 0 Å². The smallest absolute Gasteiger partial charge is 0.328 e. The first kappa shape index (κ1) is 32.5. The Labute approximate surface area is 232 Å². The molecule has 2 atom stereocenters. The number of likely N-dealkylation sites (N-methyl/N-ethyl adjacent to an activating group) is 1. The van der Waals surface area contributed by atoms with Crippen LogP contribution < -0.4 is 16.0 Å². The fourth-order valence-electron chi connectivity index (χ4n) is 5.53. The Morgan fingerprint density at radius 3 is 2.26 bits per heavy atom. The van der Waals surface area contributed by atoms with Gasteiger partial charge >= 0.3 is 11.9 Å². The van der Waals surface area contributed by atoms with Crippen molar-refractivity contribution in [1.82, 2.24) is 20.9 Å². The molecule has 0 unspecified atom stereocenters. The molecule has 11 heteroatoms. The molecule has 2 fully saturated rings. The largest absolute Gasteiger partial charge is 0.481 e. The monoisotopic (exact) mass is 552 g/mol. The van der Waals surface area contributed by atoms with Gasteiger partial charge in [-0.05, 0) is 70.9 Å². The second-order valence-electron chi connectivity index (χ2n) is 10.8. The molecule has 3 amide bonds. The summed E-state index contributed by atoms with van der Waals surface area (Å²) in [6, 6.07) is -2.30. The lowest BCUT2D eigenvalue weighted by Gasteiger charge is -2.27. The van der Waals surface area contributed by atoms with E-state index in [1.54, 1.807) is 13.8 Å². The first-order valence-electron chi connectivity index (χ1n) is 14.7. The molecule has 1 heterocycles. The van der Waals surface area contributed by atoms with Crippen molar-refractivity contribution in [2.45, 2.75) is 103 Å². The minimum absolute atomic E-state index is 0.143. The molecule has 0 spiro atoms. The molecule has 39 heavy (non-hydrogen) atoms. The van der Waals surface area contributed by atoms with Crippen molar-refractivity contribution in [3.63, 3.8) is 0 Å². The first-order valence-corrected chi connectivity index (χ1v) is 14.7. The maximum Gasteiger partial charge on any atom is 0.328 e. The molecular formula is C28H48N4O7. The maximum absolute atomic E-state index is 13.1. The highest BCUT2D eigenvalue weighted by Crippen LogP contribution is 2.27. The maximum atomic E-state index is 13.1. The number of carboxylic acid groups (broad SMARTS) is 1. The molecule has 222 valence electrons. The van der Waals surface area contributed by atoms with Gasteiger partial charge in [-0.1, -0.05) is 32.1 Å². The Hall–Kier alpha value is -2.69. The second-order valence-corrected chi connectivity index (χ2v) is 10.8. The molecule has 2 rings (SSSR count). The number of amides is 3. The molecule has 0 aromatic heterocycles. The summed E-state index contributed by atoms with van der Waals surface area (Å²) in [5.74, 6) is -2.47. The van der Waals surface area contributed by atoms with E-state index in [4.69, 9.17) is 4.74 Å². The van der Waals surface area contributed by atoms with Gasteiger partial charge in [0.25, 0.3) is 0 Å². The van der Waals surface area contributed by atoms with Crippen molar-refractivity contribution >= 4 is 29.7 Å². The molecule has 1 aliphatic carbocycles. The Kier molecular flexibility index (Phi) is 14.9. The molecule has 11 nitrogen and oxygen atoms in total. The highest BCUT2D eigenvalue weighted by Gasteiger charge is 2.31. The number of carbonyl (C=O) groups is 5. The lowest BCUT2D eigenvalue weighted by atomic mass is 9.84. The standard InChI is InChI=1S/C28H48N4O7/c1-3-32(25(34)12-8-11-20-13-15-29-16-14-20)19-24(33)30-22(18-26(35)36)27(37)31-23(28(38)39-4-2)17-21-9-6-5-7-10-21/h20-23,29H,3-19H2,1-2H3,(H,30,33)(H,31,37)(H,35,36)/t22-,23+/m0/s1. The number of ether oxygens (including phenoxy) is 1. The van der Waals surface area contributed by atoms with Gasteiger partial charge in [0.1, 0.15) is 12.1 Å². The average molecular weight is 553 g/mol. The Bertz CT molecular complexity index is 810. The predicted octanol–water partition coefficient (Wildman–Crippen LogP) is 1.98. The number of carboxylic acids is 1. The number of nitrogens with one attached hydrogen (secondary N) is 3. The summed E-state index contributed by atoms with van der Waals surface area (Å²) in [5, 5.41) is 17.8. The number of nitrogens with zero attached hydrogens (tertiary/aromatic N) is 1. The number of carbonyl (C=O) groups excluding carboxylic acids is 4. The van der Waals surface area contributed by atoms with Crippen LogP contribution in [0.25, 0.3) is 0 Å². The van der Waals surface area contributed by atoms with E-state index in [-0.39, 0.29) is 25.0 Å². The molecule has 1 saturated heterocycles. The van der Waals surface area contributed by atoms with Crippen LogP contribution >= 0.6 is 0 Å². The zero-order valence-corrected chi connectivity index (χ0v) is 23.7. The van der Waals surface area contributed by atoms with Gasteiger partial charge in [0.15, 0.2) is 0 Å². The lowest BCUT2D eigenvalue weighted by molar-refractivity contribution is -0.148. The van der Waals surface area contributed by atoms with Crippen LogP contribution in [0.2, 0.25) is 0 Å². The highest BCUT2D eigenvalue weighted by atomic mass is 16.5. The summed E-state index contributed by atoms with van der Waals surface area (Å²) in [4.78, 5) is 64.1. The van der Waals surface area contributed by atoms with Gasteiger partial charge in [-0.25, -0.2) is 4.79 Å². The molecule has 2 aliphatic rings. The number of hydrogen-bond acceptors (Lipinski definition) is 7. The summed E-state index contributed by atoms with van der Waals surface area (Å²) in [6.07, 6.45) is 9.25. The van der Waals surface area contributed by atoms with Gasteiger partial charge in [-0.3, -0.25) is 19.2 Å². The van der Waals surface area contributed by atoms with Gasteiger partial charge in [-0.2, -0.15) is 0 Å².